The highest BCUT2D eigenvalue weighted by atomic mass is 35.5. The predicted octanol–water partition coefficient (Wildman–Crippen LogP) is 2.82. The molecule has 0 aliphatic rings. The lowest BCUT2D eigenvalue weighted by atomic mass is 10.1. The molecule has 5 nitrogen and oxygen atoms in total. The third-order valence-electron chi connectivity index (χ3n) is 3.01. The molecule has 2 rings (SSSR count). The van der Waals surface area contributed by atoms with Gasteiger partial charge >= 0.3 is 0 Å². The normalized spacial score (nSPS) is 11.3. The zero-order chi connectivity index (χ0) is 16.8. The first-order valence-corrected chi connectivity index (χ1v) is 7.98. The van der Waals surface area contributed by atoms with Crippen LogP contribution in [0.5, 0.6) is 0 Å². The van der Waals surface area contributed by atoms with Crippen molar-refractivity contribution in [2.75, 3.05) is 6.54 Å². The van der Waals surface area contributed by atoms with Crippen LogP contribution in [-0.4, -0.2) is 18.4 Å². The van der Waals surface area contributed by atoms with E-state index in [2.05, 4.69) is 10.6 Å². The molecule has 1 aromatic carbocycles. The molecule has 0 saturated carbocycles. The molecular formula is C16H14ClN3O2S. The van der Waals surface area contributed by atoms with E-state index in [1.807, 2.05) is 19.1 Å². The van der Waals surface area contributed by atoms with Gasteiger partial charge in [0.25, 0.3) is 5.91 Å². The minimum Gasteiger partial charge on any atom is -0.342 e. The summed E-state index contributed by atoms with van der Waals surface area (Å²) < 4.78 is 0. The molecule has 0 spiro atoms. The molecule has 0 saturated heterocycles. The van der Waals surface area contributed by atoms with E-state index < -0.39 is 11.9 Å². The number of amides is 2. The molecule has 23 heavy (non-hydrogen) atoms. The zero-order valence-corrected chi connectivity index (χ0v) is 13.9. The summed E-state index contributed by atoms with van der Waals surface area (Å²) in [5, 5.41) is 14.8. The van der Waals surface area contributed by atoms with Gasteiger partial charge in [-0.25, -0.2) is 0 Å². The minimum atomic E-state index is -0.791. The van der Waals surface area contributed by atoms with Gasteiger partial charge in [-0.15, -0.1) is 11.3 Å². The third kappa shape index (κ3) is 4.81. The molecule has 2 amide bonds. The molecule has 0 fully saturated rings. The van der Waals surface area contributed by atoms with Crippen LogP contribution in [0.3, 0.4) is 0 Å². The predicted molar refractivity (Wildman–Crippen MR) is 89.3 cm³/mol. The van der Waals surface area contributed by atoms with Crippen molar-refractivity contribution in [3.05, 3.63) is 56.7 Å². The Morgan fingerprint density at radius 3 is 2.52 bits per heavy atom. The first-order chi connectivity index (χ1) is 11.0. The van der Waals surface area contributed by atoms with Crippen molar-refractivity contribution in [2.24, 2.45) is 0 Å². The van der Waals surface area contributed by atoms with Crippen molar-refractivity contribution >= 4 is 34.8 Å². The van der Waals surface area contributed by atoms with Gasteiger partial charge in [-0.1, -0.05) is 23.7 Å². The van der Waals surface area contributed by atoms with Crippen molar-refractivity contribution in [1.82, 2.24) is 10.6 Å². The van der Waals surface area contributed by atoms with Gasteiger partial charge in [0.15, 0.2) is 0 Å². The number of halogens is 1. The molecule has 1 aromatic heterocycles. The van der Waals surface area contributed by atoms with Crippen LogP contribution in [0.2, 0.25) is 5.02 Å². The van der Waals surface area contributed by atoms with Gasteiger partial charge < -0.3 is 10.6 Å². The van der Waals surface area contributed by atoms with E-state index in [0.29, 0.717) is 15.5 Å². The molecule has 7 heteroatoms. The number of hydrogen-bond acceptors (Lipinski definition) is 4. The summed E-state index contributed by atoms with van der Waals surface area (Å²) in [6, 6.07) is 11.4. The van der Waals surface area contributed by atoms with Crippen molar-refractivity contribution in [3.63, 3.8) is 0 Å². The highest BCUT2D eigenvalue weighted by Gasteiger charge is 2.15. The second-order valence-electron chi connectivity index (χ2n) is 4.77. The molecule has 1 atom stereocenters. The van der Waals surface area contributed by atoms with Crippen LogP contribution in [0.15, 0.2) is 36.4 Å². The van der Waals surface area contributed by atoms with Gasteiger partial charge in [0.05, 0.1) is 17.5 Å². The van der Waals surface area contributed by atoms with Gasteiger partial charge in [-0.2, -0.15) is 5.26 Å². The van der Waals surface area contributed by atoms with E-state index in [1.165, 1.54) is 11.3 Å². The zero-order valence-electron chi connectivity index (χ0n) is 12.3. The fourth-order valence-corrected chi connectivity index (χ4v) is 2.77. The number of thiophene rings is 1. The maximum absolute atomic E-state index is 11.9. The van der Waals surface area contributed by atoms with E-state index in [9.17, 15) is 14.9 Å². The number of carbonyl (C=O) groups is 2. The number of nitrogens with one attached hydrogen (secondary N) is 2. The summed E-state index contributed by atoms with van der Waals surface area (Å²) in [5.74, 6) is -0.744. The topological polar surface area (TPSA) is 82.0 Å². The van der Waals surface area contributed by atoms with Gasteiger partial charge in [0, 0.05) is 9.90 Å². The van der Waals surface area contributed by atoms with E-state index in [4.69, 9.17) is 11.6 Å². The molecule has 0 aliphatic carbocycles. The Balaban J connectivity index is 1.89. The number of aryl methyl sites for hydroxylation is 1. The monoisotopic (exact) mass is 347 g/mol. The fourth-order valence-electron chi connectivity index (χ4n) is 1.86. The van der Waals surface area contributed by atoms with E-state index >= 15 is 0 Å². The molecular weight excluding hydrogens is 334 g/mol. The Morgan fingerprint density at radius 2 is 1.96 bits per heavy atom. The Morgan fingerprint density at radius 1 is 1.26 bits per heavy atom. The molecule has 118 valence electrons. The Hall–Kier alpha value is -2.36. The average molecular weight is 348 g/mol. The van der Waals surface area contributed by atoms with Crippen molar-refractivity contribution in [1.29, 1.82) is 5.26 Å². The van der Waals surface area contributed by atoms with Gasteiger partial charge in [-0.3, -0.25) is 9.59 Å². The lowest BCUT2D eigenvalue weighted by molar-refractivity contribution is -0.120. The van der Waals surface area contributed by atoms with Crippen LogP contribution in [-0.2, 0) is 4.79 Å². The largest absolute Gasteiger partial charge is 0.342 e. The lowest BCUT2D eigenvalue weighted by Gasteiger charge is -2.12. The van der Waals surface area contributed by atoms with Crippen molar-refractivity contribution in [2.45, 2.75) is 13.0 Å². The quantitative estimate of drug-likeness (QED) is 0.872. The van der Waals surface area contributed by atoms with Crippen LogP contribution in [0.4, 0.5) is 0 Å². The smallest absolute Gasteiger partial charge is 0.261 e. The first-order valence-electron chi connectivity index (χ1n) is 6.78. The Kier molecular flexibility index (Phi) is 5.74. The van der Waals surface area contributed by atoms with E-state index in [0.717, 1.165) is 4.88 Å². The van der Waals surface area contributed by atoms with E-state index in [1.54, 1.807) is 30.3 Å². The molecule has 2 N–H and O–H groups in total. The van der Waals surface area contributed by atoms with E-state index in [-0.39, 0.29) is 12.5 Å². The molecule has 0 aliphatic heterocycles. The number of nitriles is 1. The standard InChI is InChI=1S/C16H14ClN3O2S/c1-10-2-7-14(23-10)16(22)19-9-15(21)20-13(8-18)11-3-5-12(17)6-4-11/h2-7,13H,9H2,1H3,(H,19,22)(H,20,21)/t13-/m1/s1. The van der Waals surface area contributed by atoms with Gasteiger partial charge in [0.1, 0.15) is 6.04 Å². The number of rotatable bonds is 5. The van der Waals surface area contributed by atoms with Crippen LogP contribution in [0.25, 0.3) is 0 Å². The number of nitrogens with zero attached hydrogens (tertiary/aromatic N) is 1. The summed E-state index contributed by atoms with van der Waals surface area (Å²) in [7, 11) is 0. The summed E-state index contributed by atoms with van der Waals surface area (Å²) in [6.07, 6.45) is 0. The van der Waals surface area contributed by atoms with Crippen molar-refractivity contribution < 1.29 is 9.59 Å². The van der Waals surface area contributed by atoms with Crippen LogP contribution in [0.1, 0.15) is 26.2 Å². The van der Waals surface area contributed by atoms with Crippen LogP contribution in [0, 0.1) is 18.3 Å². The van der Waals surface area contributed by atoms with Gasteiger partial charge in [-0.05, 0) is 36.8 Å². The maximum atomic E-state index is 11.9. The average Bonchev–Trinajstić information content (AvgIpc) is 2.98. The molecule has 0 bridgehead atoms. The second-order valence-corrected chi connectivity index (χ2v) is 6.50. The molecule has 0 unspecified atom stereocenters. The highest BCUT2D eigenvalue weighted by molar-refractivity contribution is 7.13. The second kappa shape index (κ2) is 7.77. The molecule has 2 aromatic rings. The van der Waals surface area contributed by atoms with Crippen LogP contribution < -0.4 is 10.6 Å². The highest BCUT2D eigenvalue weighted by Crippen LogP contribution is 2.16. The van der Waals surface area contributed by atoms with Gasteiger partial charge in [0.2, 0.25) is 5.91 Å². The number of carbonyl (C=O) groups excluding carboxylic acids is 2. The lowest BCUT2D eigenvalue weighted by Crippen LogP contribution is -2.38. The number of hydrogen-bond donors (Lipinski definition) is 2. The maximum Gasteiger partial charge on any atom is 0.261 e. The molecule has 0 radical (unpaired) electrons. The first kappa shape index (κ1) is 17.0. The SMILES string of the molecule is Cc1ccc(C(=O)NCC(=O)N[C@H](C#N)c2ccc(Cl)cc2)s1. The van der Waals surface area contributed by atoms with Crippen molar-refractivity contribution in [3.8, 4) is 6.07 Å². The summed E-state index contributed by atoms with van der Waals surface area (Å²) in [4.78, 5) is 25.3. The van der Waals surface area contributed by atoms with Crippen LogP contribution >= 0.6 is 22.9 Å². The molecule has 1 heterocycles. The Labute approximate surface area is 142 Å². The third-order valence-corrected chi connectivity index (χ3v) is 4.26. The minimum absolute atomic E-state index is 0.193. The Bertz CT molecular complexity index is 749. The summed E-state index contributed by atoms with van der Waals surface area (Å²) in [5.41, 5.74) is 0.630. The summed E-state index contributed by atoms with van der Waals surface area (Å²) >= 11 is 7.15. The summed E-state index contributed by atoms with van der Waals surface area (Å²) in [6.45, 7) is 1.71. The number of benzene rings is 1. The fraction of sp³-hybridized carbons (Fsp3) is 0.188.